The monoisotopic (exact) mass is 403 g/mol. The van der Waals surface area contributed by atoms with Crippen molar-refractivity contribution in [2.24, 2.45) is 5.92 Å². The summed E-state index contributed by atoms with van der Waals surface area (Å²) in [7, 11) is 0. The van der Waals surface area contributed by atoms with Crippen molar-refractivity contribution < 1.29 is 9.53 Å². The van der Waals surface area contributed by atoms with Crippen LogP contribution >= 0.6 is 11.3 Å². The van der Waals surface area contributed by atoms with E-state index in [0.717, 1.165) is 43.4 Å². The standard InChI is InChI=1S/C22H33N3O2S/c1-6-24(7-2)11-12-25(14-17(3)4)22(26)19-9-8-10-21(13-19)27-15-20-16-28-18(5)23-20/h8-10,13,16-17H,6-7,11-12,14-15H2,1-5H3. The van der Waals surface area contributed by atoms with Gasteiger partial charge in [0.15, 0.2) is 0 Å². The highest BCUT2D eigenvalue weighted by atomic mass is 32.1. The van der Waals surface area contributed by atoms with Gasteiger partial charge in [-0.25, -0.2) is 4.98 Å². The van der Waals surface area contributed by atoms with Crippen LogP contribution in [0, 0.1) is 12.8 Å². The fraction of sp³-hybridized carbons (Fsp3) is 0.545. The zero-order valence-electron chi connectivity index (χ0n) is 17.8. The lowest BCUT2D eigenvalue weighted by Crippen LogP contribution is -2.40. The smallest absolute Gasteiger partial charge is 0.254 e. The Morgan fingerprint density at radius 1 is 1.21 bits per heavy atom. The van der Waals surface area contributed by atoms with Crippen LogP contribution in [-0.4, -0.2) is 53.4 Å². The number of aromatic nitrogens is 1. The first-order chi connectivity index (χ1) is 13.4. The number of hydrogen-bond donors (Lipinski definition) is 0. The van der Waals surface area contributed by atoms with Crippen LogP contribution in [0.2, 0.25) is 0 Å². The molecule has 1 amide bonds. The SMILES string of the molecule is CCN(CC)CCN(CC(C)C)C(=O)c1cccc(OCc2csc(C)n2)c1. The molecule has 0 saturated carbocycles. The van der Waals surface area contributed by atoms with E-state index in [1.807, 2.05) is 41.5 Å². The van der Waals surface area contributed by atoms with Crippen molar-refractivity contribution in [1.82, 2.24) is 14.8 Å². The van der Waals surface area contributed by atoms with E-state index >= 15 is 0 Å². The van der Waals surface area contributed by atoms with Gasteiger partial charge in [-0.15, -0.1) is 11.3 Å². The molecule has 0 unspecified atom stereocenters. The van der Waals surface area contributed by atoms with E-state index in [1.165, 1.54) is 0 Å². The predicted octanol–water partition coefficient (Wildman–Crippen LogP) is 4.47. The lowest BCUT2D eigenvalue weighted by atomic mass is 10.1. The maximum atomic E-state index is 13.1. The molecule has 6 heteroatoms. The second-order valence-electron chi connectivity index (χ2n) is 7.35. The summed E-state index contributed by atoms with van der Waals surface area (Å²) in [5.41, 5.74) is 1.59. The number of carbonyl (C=O) groups is 1. The summed E-state index contributed by atoms with van der Waals surface area (Å²) in [6.45, 7) is 15.4. The summed E-state index contributed by atoms with van der Waals surface area (Å²) in [4.78, 5) is 21.9. The van der Waals surface area contributed by atoms with Crippen LogP contribution in [0.3, 0.4) is 0 Å². The van der Waals surface area contributed by atoms with Gasteiger partial charge in [-0.1, -0.05) is 33.8 Å². The number of benzene rings is 1. The van der Waals surface area contributed by atoms with Gasteiger partial charge in [0.2, 0.25) is 0 Å². The minimum atomic E-state index is 0.0656. The van der Waals surface area contributed by atoms with E-state index in [9.17, 15) is 4.79 Å². The molecule has 0 fully saturated rings. The maximum Gasteiger partial charge on any atom is 0.254 e. The van der Waals surface area contributed by atoms with Crippen LogP contribution in [-0.2, 0) is 6.61 Å². The average Bonchev–Trinajstić information content (AvgIpc) is 3.11. The number of ether oxygens (including phenoxy) is 1. The first-order valence-electron chi connectivity index (χ1n) is 10.1. The molecule has 0 spiro atoms. The molecule has 2 rings (SSSR count). The summed E-state index contributed by atoms with van der Waals surface area (Å²) < 4.78 is 5.86. The zero-order chi connectivity index (χ0) is 20.5. The molecule has 0 aliphatic rings. The van der Waals surface area contributed by atoms with Gasteiger partial charge in [-0.2, -0.15) is 0 Å². The molecule has 154 valence electrons. The number of nitrogens with zero attached hydrogens (tertiary/aromatic N) is 3. The molecule has 0 saturated heterocycles. The Bertz CT molecular complexity index is 741. The molecule has 5 nitrogen and oxygen atoms in total. The van der Waals surface area contributed by atoms with Crippen LogP contribution < -0.4 is 4.74 Å². The lowest BCUT2D eigenvalue weighted by molar-refractivity contribution is 0.0716. The quantitative estimate of drug-likeness (QED) is 0.555. The first-order valence-corrected chi connectivity index (χ1v) is 11.0. The van der Waals surface area contributed by atoms with E-state index in [-0.39, 0.29) is 5.91 Å². The van der Waals surface area contributed by atoms with E-state index in [4.69, 9.17) is 4.74 Å². The molecule has 0 N–H and O–H groups in total. The molecule has 28 heavy (non-hydrogen) atoms. The molecule has 0 aliphatic heterocycles. The van der Waals surface area contributed by atoms with E-state index in [2.05, 4.69) is 37.6 Å². The van der Waals surface area contributed by atoms with Crippen LogP contribution in [0.25, 0.3) is 0 Å². The highest BCUT2D eigenvalue weighted by Crippen LogP contribution is 2.18. The third-order valence-corrected chi connectivity index (χ3v) is 5.41. The number of aryl methyl sites for hydroxylation is 1. The second-order valence-corrected chi connectivity index (χ2v) is 8.41. The molecular weight excluding hydrogens is 370 g/mol. The van der Waals surface area contributed by atoms with Crippen molar-refractivity contribution in [3.05, 3.63) is 45.9 Å². The van der Waals surface area contributed by atoms with Gasteiger partial charge in [0, 0.05) is 30.6 Å². The van der Waals surface area contributed by atoms with Gasteiger partial charge in [0.25, 0.3) is 5.91 Å². The molecule has 1 heterocycles. The molecule has 0 aliphatic carbocycles. The summed E-state index contributed by atoms with van der Waals surface area (Å²) in [5, 5.41) is 3.03. The van der Waals surface area contributed by atoms with Crippen LogP contribution in [0.4, 0.5) is 0 Å². The summed E-state index contributed by atoms with van der Waals surface area (Å²) in [6, 6.07) is 7.48. The van der Waals surface area contributed by atoms with E-state index in [1.54, 1.807) is 11.3 Å². The molecule has 1 aromatic carbocycles. The minimum Gasteiger partial charge on any atom is -0.487 e. The van der Waals surface area contributed by atoms with Gasteiger partial charge < -0.3 is 14.5 Å². The fourth-order valence-corrected chi connectivity index (χ4v) is 3.65. The van der Waals surface area contributed by atoms with Gasteiger partial charge in [0.1, 0.15) is 12.4 Å². The Morgan fingerprint density at radius 3 is 2.57 bits per heavy atom. The molecule has 2 aromatic rings. The van der Waals surface area contributed by atoms with Crippen LogP contribution in [0.15, 0.2) is 29.6 Å². The van der Waals surface area contributed by atoms with Gasteiger partial charge in [0.05, 0.1) is 10.7 Å². The minimum absolute atomic E-state index is 0.0656. The topological polar surface area (TPSA) is 45.7 Å². The number of carbonyl (C=O) groups excluding carboxylic acids is 1. The van der Waals surface area contributed by atoms with Gasteiger partial charge >= 0.3 is 0 Å². The van der Waals surface area contributed by atoms with Crippen molar-refractivity contribution in [2.45, 2.75) is 41.2 Å². The summed E-state index contributed by atoms with van der Waals surface area (Å²) in [5.74, 6) is 1.19. The van der Waals surface area contributed by atoms with Crippen molar-refractivity contribution >= 4 is 17.2 Å². The molecular formula is C22H33N3O2S. The summed E-state index contributed by atoms with van der Waals surface area (Å²) >= 11 is 1.61. The number of hydrogen-bond acceptors (Lipinski definition) is 5. The number of rotatable bonds is 11. The number of likely N-dealkylation sites (N-methyl/N-ethyl adjacent to an activating group) is 1. The third kappa shape index (κ3) is 6.91. The normalized spacial score (nSPS) is 11.2. The third-order valence-electron chi connectivity index (χ3n) is 4.59. The van der Waals surface area contributed by atoms with Crippen LogP contribution in [0.5, 0.6) is 5.75 Å². The Morgan fingerprint density at radius 2 is 1.96 bits per heavy atom. The maximum absolute atomic E-state index is 13.1. The Hall–Kier alpha value is -1.92. The van der Waals surface area contributed by atoms with Crippen molar-refractivity contribution in [3.8, 4) is 5.75 Å². The lowest BCUT2D eigenvalue weighted by Gasteiger charge is -2.28. The van der Waals surface area contributed by atoms with Gasteiger partial charge in [-0.05, 0) is 44.1 Å². The second kappa shape index (κ2) is 11.2. The largest absolute Gasteiger partial charge is 0.487 e. The Kier molecular flexibility index (Phi) is 8.93. The molecule has 0 atom stereocenters. The Labute approximate surface area is 173 Å². The van der Waals surface area contributed by atoms with Crippen molar-refractivity contribution in [3.63, 3.8) is 0 Å². The zero-order valence-corrected chi connectivity index (χ0v) is 18.6. The average molecular weight is 404 g/mol. The highest BCUT2D eigenvalue weighted by Gasteiger charge is 2.18. The van der Waals surface area contributed by atoms with Crippen molar-refractivity contribution in [2.75, 3.05) is 32.7 Å². The molecule has 0 radical (unpaired) electrons. The summed E-state index contributed by atoms with van der Waals surface area (Å²) in [6.07, 6.45) is 0. The highest BCUT2D eigenvalue weighted by molar-refractivity contribution is 7.09. The Balaban J connectivity index is 2.05. The molecule has 1 aromatic heterocycles. The van der Waals surface area contributed by atoms with Crippen molar-refractivity contribution in [1.29, 1.82) is 0 Å². The fourth-order valence-electron chi connectivity index (χ4n) is 3.05. The molecule has 0 bridgehead atoms. The van der Waals surface area contributed by atoms with E-state index in [0.29, 0.717) is 23.8 Å². The number of thiazole rings is 1. The van der Waals surface area contributed by atoms with Gasteiger partial charge in [-0.3, -0.25) is 4.79 Å². The van der Waals surface area contributed by atoms with E-state index < -0.39 is 0 Å². The first kappa shape index (κ1) is 22.4. The number of amides is 1. The predicted molar refractivity (Wildman–Crippen MR) is 116 cm³/mol. The van der Waals surface area contributed by atoms with Crippen LogP contribution in [0.1, 0.15) is 48.8 Å².